The van der Waals surface area contributed by atoms with Gasteiger partial charge in [0, 0.05) is 13.1 Å². The molecule has 0 aliphatic heterocycles. The zero-order valence-corrected chi connectivity index (χ0v) is 9.86. The highest BCUT2D eigenvalue weighted by atomic mass is 16.2. The van der Waals surface area contributed by atoms with Crippen LogP contribution in [0.1, 0.15) is 20.3 Å². The molecule has 0 aromatic carbocycles. The SMILES string of the molecule is CCN(CC(=O)NCCC#N)CC(C)C#N. The first-order valence-electron chi connectivity index (χ1n) is 5.39. The number of amides is 1. The van der Waals surface area contributed by atoms with Gasteiger partial charge in [0.25, 0.3) is 0 Å². The van der Waals surface area contributed by atoms with E-state index < -0.39 is 0 Å². The molecule has 0 rings (SSSR count). The second-order valence-corrected chi connectivity index (χ2v) is 3.62. The van der Waals surface area contributed by atoms with E-state index in [0.29, 0.717) is 19.5 Å². The molecule has 16 heavy (non-hydrogen) atoms. The van der Waals surface area contributed by atoms with Crippen molar-refractivity contribution in [2.24, 2.45) is 5.92 Å². The summed E-state index contributed by atoms with van der Waals surface area (Å²) >= 11 is 0. The molecular formula is C11H18N4O. The van der Waals surface area contributed by atoms with E-state index in [-0.39, 0.29) is 18.4 Å². The van der Waals surface area contributed by atoms with Crippen molar-refractivity contribution in [2.45, 2.75) is 20.3 Å². The first-order chi connectivity index (χ1) is 7.63. The van der Waals surface area contributed by atoms with E-state index >= 15 is 0 Å². The number of nitriles is 2. The fraction of sp³-hybridized carbons (Fsp3) is 0.727. The van der Waals surface area contributed by atoms with Gasteiger partial charge in [-0.3, -0.25) is 9.69 Å². The molecule has 0 radical (unpaired) electrons. The van der Waals surface area contributed by atoms with Gasteiger partial charge in [0.15, 0.2) is 0 Å². The highest BCUT2D eigenvalue weighted by Gasteiger charge is 2.11. The molecule has 1 amide bonds. The number of carbonyl (C=O) groups excluding carboxylic acids is 1. The number of rotatable bonds is 7. The van der Waals surface area contributed by atoms with Gasteiger partial charge in [0.05, 0.1) is 31.0 Å². The molecule has 0 saturated heterocycles. The molecular weight excluding hydrogens is 204 g/mol. The first-order valence-corrected chi connectivity index (χ1v) is 5.39. The van der Waals surface area contributed by atoms with Crippen molar-refractivity contribution in [1.82, 2.24) is 10.2 Å². The van der Waals surface area contributed by atoms with Crippen LogP contribution in [-0.4, -0.2) is 37.0 Å². The van der Waals surface area contributed by atoms with Crippen LogP contribution in [0.4, 0.5) is 0 Å². The lowest BCUT2D eigenvalue weighted by molar-refractivity contribution is -0.122. The Hall–Kier alpha value is -1.59. The Morgan fingerprint density at radius 2 is 2.19 bits per heavy atom. The lowest BCUT2D eigenvalue weighted by Crippen LogP contribution is -2.39. The minimum Gasteiger partial charge on any atom is -0.354 e. The Labute approximate surface area is 96.6 Å². The number of likely N-dealkylation sites (N-methyl/N-ethyl adjacent to an activating group) is 1. The summed E-state index contributed by atoms with van der Waals surface area (Å²) in [6, 6.07) is 4.10. The summed E-state index contributed by atoms with van der Waals surface area (Å²) in [4.78, 5) is 13.3. The van der Waals surface area contributed by atoms with Crippen molar-refractivity contribution in [1.29, 1.82) is 10.5 Å². The zero-order chi connectivity index (χ0) is 12.4. The third-order valence-electron chi connectivity index (χ3n) is 2.13. The molecule has 5 nitrogen and oxygen atoms in total. The summed E-state index contributed by atoms with van der Waals surface area (Å²) in [6.07, 6.45) is 0.326. The van der Waals surface area contributed by atoms with Gasteiger partial charge in [0.1, 0.15) is 0 Å². The molecule has 0 heterocycles. The van der Waals surface area contributed by atoms with Crippen molar-refractivity contribution in [3.8, 4) is 12.1 Å². The maximum Gasteiger partial charge on any atom is 0.234 e. The van der Waals surface area contributed by atoms with Gasteiger partial charge in [-0.05, 0) is 13.5 Å². The average molecular weight is 222 g/mol. The quantitative estimate of drug-likeness (QED) is 0.636. The van der Waals surface area contributed by atoms with Crippen molar-refractivity contribution >= 4 is 5.91 Å². The van der Waals surface area contributed by atoms with Crippen LogP contribution in [0.2, 0.25) is 0 Å². The van der Waals surface area contributed by atoms with Crippen molar-refractivity contribution in [3.63, 3.8) is 0 Å². The van der Waals surface area contributed by atoms with Crippen LogP contribution in [-0.2, 0) is 4.79 Å². The highest BCUT2D eigenvalue weighted by molar-refractivity contribution is 5.77. The maximum atomic E-state index is 11.4. The molecule has 0 aliphatic rings. The van der Waals surface area contributed by atoms with Gasteiger partial charge < -0.3 is 5.32 Å². The Balaban J connectivity index is 3.89. The molecule has 0 aliphatic carbocycles. The van der Waals surface area contributed by atoms with Crippen LogP contribution in [0.3, 0.4) is 0 Å². The zero-order valence-electron chi connectivity index (χ0n) is 9.86. The monoisotopic (exact) mass is 222 g/mol. The third kappa shape index (κ3) is 6.80. The van der Waals surface area contributed by atoms with Gasteiger partial charge in [-0.1, -0.05) is 6.92 Å². The molecule has 1 N–H and O–H groups in total. The fourth-order valence-corrected chi connectivity index (χ4v) is 1.25. The lowest BCUT2D eigenvalue weighted by atomic mass is 10.2. The predicted molar refractivity (Wildman–Crippen MR) is 60.1 cm³/mol. The molecule has 0 aromatic rings. The number of hydrogen-bond donors (Lipinski definition) is 1. The van der Waals surface area contributed by atoms with Crippen LogP contribution in [0.15, 0.2) is 0 Å². The molecule has 0 saturated carbocycles. The Morgan fingerprint density at radius 3 is 2.69 bits per heavy atom. The molecule has 5 heteroatoms. The first kappa shape index (κ1) is 14.4. The molecule has 88 valence electrons. The lowest BCUT2D eigenvalue weighted by Gasteiger charge is -2.20. The second kappa shape index (κ2) is 8.70. The number of hydrogen-bond acceptors (Lipinski definition) is 4. The van der Waals surface area contributed by atoms with Crippen molar-refractivity contribution < 1.29 is 4.79 Å². The minimum atomic E-state index is -0.0951. The smallest absolute Gasteiger partial charge is 0.234 e. The van der Waals surface area contributed by atoms with E-state index in [9.17, 15) is 4.79 Å². The fourth-order valence-electron chi connectivity index (χ4n) is 1.25. The average Bonchev–Trinajstić information content (AvgIpc) is 2.28. The van der Waals surface area contributed by atoms with E-state index in [1.807, 2.05) is 24.8 Å². The molecule has 0 aromatic heterocycles. The summed E-state index contributed by atoms with van der Waals surface area (Å²) in [5.74, 6) is -0.172. The van der Waals surface area contributed by atoms with E-state index in [4.69, 9.17) is 10.5 Å². The predicted octanol–water partition coefficient (Wildman–Crippen LogP) is 0.498. The van der Waals surface area contributed by atoms with E-state index in [1.54, 1.807) is 0 Å². The maximum absolute atomic E-state index is 11.4. The van der Waals surface area contributed by atoms with Crippen LogP contribution < -0.4 is 5.32 Å². The molecule has 0 fully saturated rings. The van der Waals surface area contributed by atoms with Gasteiger partial charge >= 0.3 is 0 Å². The van der Waals surface area contributed by atoms with Crippen molar-refractivity contribution in [2.75, 3.05) is 26.2 Å². The molecule has 1 atom stereocenters. The summed E-state index contributed by atoms with van der Waals surface area (Å²) in [6.45, 7) is 5.79. The Kier molecular flexibility index (Phi) is 7.83. The topological polar surface area (TPSA) is 79.9 Å². The molecule has 1 unspecified atom stereocenters. The summed E-state index contributed by atoms with van der Waals surface area (Å²) in [5.41, 5.74) is 0. The number of carbonyl (C=O) groups is 1. The van der Waals surface area contributed by atoms with Crippen LogP contribution in [0.25, 0.3) is 0 Å². The molecule has 0 bridgehead atoms. The minimum absolute atomic E-state index is 0.0770. The highest BCUT2D eigenvalue weighted by Crippen LogP contribution is 1.97. The number of nitrogens with one attached hydrogen (secondary N) is 1. The Bertz CT molecular complexity index is 289. The van der Waals surface area contributed by atoms with Crippen LogP contribution >= 0.6 is 0 Å². The van der Waals surface area contributed by atoms with Crippen LogP contribution in [0.5, 0.6) is 0 Å². The second-order valence-electron chi connectivity index (χ2n) is 3.62. The largest absolute Gasteiger partial charge is 0.354 e. The van der Waals surface area contributed by atoms with Gasteiger partial charge in [0.2, 0.25) is 5.91 Å². The summed E-state index contributed by atoms with van der Waals surface area (Å²) in [7, 11) is 0. The van der Waals surface area contributed by atoms with Crippen molar-refractivity contribution in [3.05, 3.63) is 0 Å². The van der Waals surface area contributed by atoms with E-state index in [1.165, 1.54) is 0 Å². The summed E-state index contributed by atoms with van der Waals surface area (Å²) < 4.78 is 0. The van der Waals surface area contributed by atoms with Gasteiger partial charge in [-0.15, -0.1) is 0 Å². The molecule has 0 spiro atoms. The standard InChI is InChI=1S/C11H18N4O/c1-3-15(8-10(2)7-13)9-11(16)14-6-4-5-12/h10H,3-4,6,8-9H2,1-2H3,(H,14,16). The summed E-state index contributed by atoms with van der Waals surface area (Å²) in [5, 5.41) is 19.6. The van der Waals surface area contributed by atoms with Gasteiger partial charge in [-0.2, -0.15) is 10.5 Å². The van der Waals surface area contributed by atoms with E-state index in [2.05, 4.69) is 11.4 Å². The Morgan fingerprint density at radius 1 is 1.50 bits per heavy atom. The third-order valence-corrected chi connectivity index (χ3v) is 2.13. The van der Waals surface area contributed by atoms with E-state index in [0.717, 1.165) is 6.54 Å². The number of nitrogens with zero attached hydrogens (tertiary/aromatic N) is 3. The normalized spacial score (nSPS) is 11.6. The van der Waals surface area contributed by atoms with Crippen LogP contribution in [0, 0.1) is 28.6 Å². The van der Waals surface area contributed by atoms with Gasteiger partial charge in [-0.25, -0.2) is 0 Å².